The van der Waals surface area contributed by atoms with Gasteiger partial charge in [-0.15, -0.1) is 0 Å². The highest BCUT2D eigenvalue weighted by Gasteiger charge is 2.11. The Bertz CT molecular complexity index is 618. The van der Waals surface area contributed by atoms with Crippen molar-refractivity contribution in [1.29, 1.82) is 0 Å². The van der Waals surface area contributed by atoms with Crippen molar-refractivity contribution in [1.82, 2.24) is 10.6 Å². The summed E-state index contributed by atoms with van der Waals surface area (Å²) in [4.78, 5) is 4.59. The van der Waals surface area contributed by atoms with Gasteiger partial charge in [0, 0.05) is 18.8 Å². The van der Waals surface area contributed by atoms with E-state index in [0.29, 0.717) is 18.9 Å². The van der Waals surface area contributed by atoms with Gasteiger partial charge in [-0.2, -0.15) is 0 Å². The Morgan fingerprint density at radius 1 is 1.24 bits per heavy atom. The number of hydrogen-bond donors (Lipinski definition) is 2. The molecule has 0 fully saturated rings. The first-order chi connectivity index (χ1) is 11.8. The molecule has 1 aromatic carbocycles. The standard InChI is InChI=1S/C18H31N3O3S/c1-5-16(24-17-10-8-7-9-11-17)14-20-18(19-6-2)21-15(3)12-13-25(4,22)23/h7-11,15-16H,5-6,12-14H2,1-4H3,(H2,19,20,21). The normalized spacial score (nSPS) is 14.6. The van der Waals surface area contributed by atoms with E-state index in [1.807, 2.05) is 44.2 Å². The van der Waals surface area contributed by atoms with Crippen LogP contribution >= 0.6 is 0 Å². The fourth-order valence-electron chi connectivity index (χ4n) is 2.15. The molecule has 0 aliphatic rings. The molecule has 1 aromatic rings. The second-order valence-electron chi connectivity index (χ2n) is 6.14. The van der Waals surface area contributed by atoms with Crippen LogP contribution in [0.5, 0.6) is 5.75 Å². The van der Waals surface area contributed by atoms with Crippen molar-refractivity contribution in [3.63, 3.8) is 0 Å². The van der Waals surface area contributed by atoms with Crippen LogP contribution < -0.4 is 15.4 Å². The number of ether oxygens (including phenoxy) is 1. The first-order valence-corrected chi connectivity index (χ1v) is 10.8. The Labute approximate surface area is 152 Å². The van der Waals surface area contributed by atoms with Crippen LogP contribution in [0.3, 0.4) is 0 Å². The maximum Gasteiger partial charge on any atom is 0.191 e. The number of rotatable bonds is 10. The summed E-state index contributed by atoms with van der Waals surface area (Å²) < 4.78 is 28.5. The number of hydrogen-bond acceptors (Lipinski definition) is 4. The molecule has 0 amide bonds. The van der Waals surface area contributed by atoms with Gasteiger partial charge in [-0.05, 0) is 38.8 Å². The van der Waals surface area contributed by atoms with Crippen LogP contribution in [0.15, 0.2) is 35.3 Å². The summed E-state index contributed by atoms with van der Waals surface area (Å²) in [6.45, 7) is 7.28. The van der Waals surface area contributed by atoms with E-state index in [0.717, 1.165) is 18.7 Å². The smallest absolute Gasteiger partial charge is 0.191 e. The molecule has 0 radical (unpaired) electrons. The van der Waals surface area contributed by atoms with Gasteiger partial charge in [0.15, 0.2) is 5.96 Å². The Morgan fingerprint density at radius 3 is 2.48 bits per heavy atom. The highest BCUT2D eigenvalue weighted by atomic mass is 32.2. The van der Waals surface area contributed by atoms with Gasteiger partial charge in [0.05, 0.1) is 12.3 Å². The van der Waals surface area contributed by atoms with Gasteiger partial charge in [-0.25, -0.2) is 13.4 Å². The zero-order valence-electron chi connectivity index (χ0n) is 15.7. The van der Waals surface area contributed by atoms with Crippen molar-refractivity contribution in [3.05, 3.63) is 30.3 Å². The number of nitrogens with one attached hydrogen (secondary N) is 2. The molecule has 2 unspecified atom stereocenters. The van der Waals surface area contributed by atoms with Gasteiger partial charge in [0.2, 0.25) is 0 Å². The number of para-hydroxylation sites is 1. The molecule has 0 saturated carbocycles. The van der Waals surface area contributed by atoms with Crippen LogP contribution in [-0.2, 0) is 9.84 Å². The number of guanidine groups is 1. The number of nitrogens with zero attached hydrogens (tertiary/aromatic N) is 1. The maximum atomic E-state index is 11.3. The summed E-state index contributed by atoms with van der Waals surface area (Å²) in [6.07, 6.45) is 2.64. The van der Waals surface area contributed by atoms with Crippen LogP contribution in [-0.4, -0.2) is 51.6 Å². The van der Waals surface area contributed by atoms with Crippen molar-refractivity contribution in [2.24, 2.45) is 4.99 Å². The first-order valence-electron chi connectivity index (χ1n) is 8.78. The fourth-order valence-corrected chi connectivity index (χ4v) is 2.93. The van der Waals surface area contributed by atoms with Crippen molar-refractivity contribution < 1.29 is 13.2 Å². The minimum Gasteiger partial charge on any atom is -0.489 e. The van der Waals surface area contributed by atoms with E-state index in [2.05, 4.69) is 22.5 Å². The lowest BCUT2D eigenvalue weighted by Gasteiger charge is -2.19. The summed E-state index contributed by atoms with van der Waals surface area (Å²) >= 11 is 0. The maximum absolute atomic E-state index is 11.3. The lowest BCUT2D eigenvalue weighted by atomic mass is 10.2. The molecule has 2 atom stereocenters. The number of aliphatic imine (C=N–C) groups is 1. The van der Waals surface area contributed by atoms with Gasteiger partial charge in [-0.3, -0.25) is 0 Å². The van der Waals surface area contributed by atoms with Crippen LogP contribution in [0.25, 0.3) is 0 Å². The molecule has 0 spiro atoms. The van der Waals surface area contributed by atoms with E-state index in [9.17, 15) is 8.42 Å². The molecule has 7 heteroatoms. The molecular weight excluding hydrogens is 338 g/mol. The van der Waals surface area contributed by atoms with Gasteiger partial charge < -0.3 is 15.4 Å². The highest BCUT2D eigenvalue weighted by molar-refractivity contribution is 7.90. The predicted octanol–water partition coefficient (Wildman–Crippen LogP) is 2.22. The van der Waals surface area contributed by atoms with E-state index in [-0.39, 0.29) is 17.9 Å². The molecule has 0 aliphatic carbocycles. The van der Waals surface area contributed by atoms with Crippen molar-refractivity contribution in [3.8, 4) is 5.75 Å². The molecule has 142 valence electrons. The Hall–Kier alpha value is -1.76. The topological polar surface area (TPSA) is 79.8 Å². The summed E-state index contributed by atoms with van der Waals surface area (Å²) in [7, 11) is -2.95. The second-order valence-corrected chi connectivity index (χ2v) is 8.40. The third-order valence-corrected chi connectivity index (χ3v) is 4.58. The van der Waals surface area contributed by atoms with Crippen molar-refractivity contribution in [2.75, 3.05) is 25.1 Å². The summed E-state index contributed by atoms with van der Waals surface area (Å²) in [6, 6.07) is 9.73. The van der Waals surface area contributed by atoms with Gasteiger partial charge in [0.1, 0.15) is 21.7 Å². The Morgan fingerprint density at radius 2 is 1.92 bits per heavy atom. The van der Waals surface area contributed by atoms with Gasteiger partial charge >= 0.3 is 0 Å². The third-order valence-electron chi connectivity index (χ3n) is 3.60. The average Bonchev–Trinajstić information content (AvgIpc) is 2.57. The monoisotopic (exact) mass is 369 g/mol. The van der Waals surface area contributed by atoms with E-state index in [1.165, 1.54) is 6.26 Å². The van der Waals surface area contributed by atoms with Crippen molar-refractivity contribution >= 4 is 15.8 Å². The quantitative estimate of drug-likeness (QED) is 0.488. The Balaban J connectivity index is 2.60. The summed E-state index contributed by atoms with van der Waals surface area (Å²) in [5.74, 6) is 1.68. The minimum atomic E-state index is -2.95. The molecule has 0 saturated heterocycles. The average molecular weight is 370 g/mol. The minimum absolute atomic E-state index is 0.0100. The largest absolute Gasteiger partial charge is 0.489 e. The fraction of sp³-hybridized carbons (Fsp3) is 0.611. The summed E-state index contributed by atoms with van der Waals surface area (Å²) in [5, 5.41) is 6.44. The van der Waals surface area contributed by atoms with Crippen LogP contribution in [0.2, 0.25) is 0 Å². The van der Waals surface area contributed by atoms with Crippen molar-refractivity contribution in [2.45, 2.75) is 45.8 Å². The van der Waals surface area contributed by atoms with E-state index in [1.54, 1.807) is 0 Å². The molecule has 25 heavy (non-hydrogen) atoms. The number of sulfone groups is 1. The lowest BCUT2D eigenvalue weighted by molar-refractivity contribution is 0.205. The molecule has 6 nitrogen and oxygen atoms in total. The Kier molecular flexibility index (Phi) is 9.34. The molecule has 0 heterocycles. The van der Waals surface area contributed by atoms with Gasteiger partial charge in [0.25, 0.3) is 0 Å². The first kappa shape index (κ1) is 21.3. The molecular formula is C18H31N3O3S. The molecule has 1 rings (SSSR count). The highest BCUT2D eigenvalue weighted by Crippen LogP contribution is 2.12. The summed E-state index contributed by atoms with van der Waals surface area (Å²) in [5.41, 5.74) is 0. The molecule has 0 bridgehead atoms. The zero-order chi connectivity index (χ0) is 18.7. The second kappa shape index (κ2) is 11.0. The van der Waals surface area contributed by atoms with E-state index >= 15 is 0 Å². The van der Waals surface area contributed by atoms with E-state index in [4.69, 9.17) is 4.74 Å². The predicted molar refractivity (Wildman–Crippen MR) is 104 cm³/mol. The van der Waals surface area contributed by atoms with E-state index < -0.39 is 9.84 Å². The third kappa shape index (κ3) is 9.96. The van der Waals surface area contributed by atoms with Gasteiger partial charge in [-0.1, -0.05) is 25.1 Å². The molecule has 0 aromatic heterocycles. The SMILES string of the molecule is CCNC(=NCC(CC)Oc1ccccc1)NC(C)CCS(C)(=O)=O. The lowest BCUT2D eigenvalue weighted by Crippen LogP contribution is -2.43. The zero-order valence-corrected chi connectivity index (χ0v) is 16.5. The van der Waals surface area contributed by atoms with Crippen LogP contribution in [0.1, 0.15) is 33.6 Å². The van der Waals surface area contributed by atoms with Crippen LogP contribution in [0, 0.1) is 0 Å². The number of benzene rings is 1. The van der Waals surface area contributed by atoms with Crippen LogP contribution in [0.4, 0.5) is 0 Å². The molecule has 0 aliphatic heterocycles. The molecule has 2 N–H and O–H groups in total.